The van der Waals surface area contributed by atoms with Crippen LogP contribution in [0.2, 0.25) is 0 Å². The van der Waals surface area contributed by atoms with Gasteiger partial charge in [-0.3, -0.25) is 34.6 Å². The average Bonchev–Trinajstić information content (AvgIpc) is 3.15. The molecular weight excluding hydrogens is 468 g/mol. The van der Waals surface area contributed by atoms with Crippen LogP contribution in [0.15, 0.2) is 60.7 Å². The van der Waals surface area contributed by atoms with E-state index in [2.05, 4.69) is 10.7 Å². The first-order chi connectivity index (χ1) is 17.1. The third-order valence-electron chi connectivity index (χ3n) is 5.35. The second kappa shape index (κ2) is 11.1. The Bertz CT molecular complexity index is 1330. The van der Waals surface area contributed by atoms with E-state index in [9.17, 15) is 29.3 Å². The van der Waals surface area contributed by atoms with Gasteiger partial charge in [-0.2, -0.15) is 0 Å². The number of rotatable bonds is 9. The van der Waals surface area contributed by atoms with Gasteiger partial charge in [-0.15, -0.1) is 0 Å². The molecule has 0 bridgehead atoms. The number of nitro benzene ring substituents is 1. The zero-order chi connectivity index (χ0) is 26.4. The minimum atomic E-state index is -1.11. The van der Waals surface area contributed by atoms with Gasteiger partial charge in [-0.1, -0.05) is 24.3 Å². The summed E-state index contributed by atoms with van der Waals surface area (Å²) in [5, 5.41) is 13.3. The SMILES string of the molecule is Cc1cc(C(=O)COC(=O)C(C)NC(=O)c2cccc([N+](=O)[O-])c2)c(C)n1NC(=O)c1ccccc1. The number of hydrogen-bond donors (Lipinski definition) is 2. The molecule has 186 valence electrons. The van der Waals surface area contributed by atoms with Gasteiger partial charge in [0.25, 0.3) is 17.5 Å². The van der Waals surface area contributed by atoms with E-state index < -0.39 is 35.2 Å². The van der Waals surface area contributed by atoms with Crippen LogP contribution in [0, 0.1) is 24.0 Å². The van der Waals surface area contributed by atoms with E-state index in [4.69, 9.17) is 4.74 Å². The van der Waals surface area contributed by atoms with E-state index in [0.29, 0.717) is 17.0 Å². The van der Waals surface area contributed by atoms with Crippen LogP contribution >= 0.6 is 0 Å². The van der Waals surface area contributed by atoms with E-state index in [1.165, 1.54) is 29.8 Å². The van der Waals surface area contributed by atoms with Gasteiger partial charge in [0.1, 0.15) is 6.04 Å². The molecule has 2 amide bonds. The van der Waals surface area contributed by atoms with Crippen LogP contribution in [-0.4, -0.2) is 45.8 Å². The highest BCUT2D eigenvalue weighted by atomic mass is 16.6. The quantitative estimate of drug-likeness (QED) is 0.202. The molecule has 0 saturated carbocycles. The lowest BCUT2D eigenvalue weighted by Crippen LogP contribution is -2.40. The van der Waals surface area contributed by atoms with E-state index in [-0.39, 0.29) is 22.7 Å². The number of ether oxygens (including phenoxy) is 1. The predicted octanol–water partition coefficient (Wildman–Crippen LogP) is 2.94. The number of carbonyl (C=O) groups excluding carboxylic acids is 4. The number of esters is 1. The monoisotopic (exact) mass is 492 g/mol. The third kappa shape index (κ3) is 6.00. The topological polar surface area (TPSA) is 150 Å². The molecule has 2 N–H and O–H groups in total. The fraction of sp³-hybridized carbons (Fsp3) is 0.200. The van der Waals surface area contributed by atoms with E-state index in [0.717, 1.165) is 6.07 Å². The van der Waals surface area contributed by atoms with E-state index >= 15 is 0 Å². The van der Waals surface area contributed by atoms with Crippen molar-refractivity contribution in [2.45, 2.75) is 26.8 Å². The molecule has 11 nitrogen and oxygen atoms in total. The third-order valence-corrected chi connectivity index (χ3v) is 5.35. The van der Waals surface area contributed by atoms with Crippen LogP contribution < -0.4 is 10.7 Å². The van der Waals surface area contributed by atoms with Crippen molar-refractivity contribution in [2.24, 2.45) is 0 Å². The first kappa shape index (κ1) is 25.8. The molecule has 0 aliphatic rings. The molecule has 0 spiro atoms. The molecule has 0 fully saturated rings. The van der Waals surface area contributed by atoms with Crippen LogP contribution in [0.4, 0.5) is 5.69 Å². The van der Waals surface area contributed by atoms with Crippen molar-refractivity contribution in [3.05, 3.63) is 98.9 Å². The lowest BCUT2D eigenvalue weighted by atomic mass is 10.1. The van der Waals surface area contributed by atoms with Crippen molar-refractivity contribution >= 4 is 29.3 Å². The number of nitrogens with zero attached hydrogens (tertiary/aromatic N) is 2. The average molecular weight is 492 g/mol. The largest absolute Gasteiger partial charge is 0.456 e. The molecule has 3 rings (SSSR count). The molecule has 1 heterocycles. The van der Waals surface area contributed by atoms with Gasteiger partial charge in [0.05, 0.1) is 4.92 Å². The Hall–Kier alpha value is -4.80. The number of carbonyl (C=O) groups is 4. The van der Waals surface area contributed by atoms with Crippen LogP contribution in [0.5, 0.6) is 0 Å². The highest BCUT2D eigenvalue weighted by Gasteiger charge is 2.22. The summed E-state index contributed by atoms with van der Waals surface area (Å²) in [7, 11) is 0. The zero-order valence-electron chi connectivity index (χ0n) is 19.8. The van der Waals surface area contributed by atoms with Crippen LogP contribution in [0.1, 0.15) is 49.4 Å². The molecule has 1 aromatic heterocycles. The molecule has 11 heteroatoms. The maximum absolute atomic E-state index is 12.7. The summed E-state index contributed by atoms with van der Waals surface area (Å²) in [5.41, 5.74) is 4.25. The number of nitrogens with one attached hydrogen (secondary N) is 2. The molecular formula is C25H24N4O7. The van der Waals surface area contributed by atoms with Gasteiger partial charge in [-0.05, 0) is 45.0 Å². The van der Waals surface area contributed by atoms with Crippen molar-refractivity contribution in [3.63, 3.8) is 0 Å². The number of non-ortho nitro benzene ring substituents is 1. The fourth-order valence-corrected chi connectivity index (χ4v) is 3.41. The number of nitro groups is 1. The van der Waals surface area contributed by atoms with E-state index in [1.807, 2.05) is 0 Å². The minimum absolute atomic E-state index is 0.00455. The predicted molar refractivity (Wildman–Crippen MR) is 129 cm³/mol. The first-order valence-corrected chi connectivity index (χ1v) is 10.9. The number of Topliss-reactive ketones (excluding diaryl/α,β-unsaturated/α-hetero) is 1. The number of aryl methyl sites for hydroxylation is 1. The lowest BCUT2D eigenvalue weighted by Gasteiger charge is -2.13. The van der Waals surface area contributed by atoms with Crippen LogP contribution in [0.25, 0.3) is 0 Å². The van der Waals surface area contributed by atoms with Gasteiger partial charge in [0.2, 0.25) is 5.78 Å². The van der Waals surface area contributed by atoms with Gasteiger partial charge in [0.15, 0.2) is 6.61 Å². The maximum Gasteiger partial charge on any atom is 0.328 e. The Balaban J connectivity index is 1.59. The fourth-order valence-electron chi connectivity index (χ4n) is 3.41. The maximum atomic E-state index is 12.7. The summed E-state index contributed by atoms with van der Waals surface area (Å²) in [4.78, 5) is 60.1. The molecule has 0 radical (unpaired) electrons. The number of amides is 2. The molecule has 0 saturated heterocycles. The van der Waals surface area contributed by atoms with Gasteiger partial charge >= 0.3 is 5.97 Å². The summed E-state index contributed by atoms with van der Waals surface area (Å²) < 4.78 is 6.54. The molecule has 1 atom stereocenters. The Kier molecular flexibility index (Phi) is 7.95. The molecule has 3 aromatic rings. The molecule has 2 aromatic carbocycles. The number of hydrogen-bond acceptors (Lipinski definition) is 7. The summed E-state index contributed by atoms with van der Waals surface area (Å²) in [6, 6.07) is 14.1. The van der Waals surface area contributed by atoms with Crippen LogP contribution in [-0.2, 0) is 9.53 Å². The molecule has 0 aliphatic heterocycles. The highest BCUT2D eigenvalue weighted by Crippen LogP contribution is 2.16. The van der Waals surface area contributed by atoms with Crippen molar-refractivity contribution < 1.29 is 28.8 Å². The summed E-state index contributed by atoms with van der Waals surface area (Å²) in [6.45, 7) is 4.15. The lowest BCUT2D eigenvalue weighted by molar-refractivity contribution is -0.384. The highest BCUT2D eigenvalue weighted by molar-refractivity contribution is 6.02. The zero-order valence-corrected chi connectivity index (χ0v) is 19.8. The normalized spacial score (nSPS) is 11.3. The minimum Gasteiger partial charge on any atom is -0.456 e. The van der Waals surface area contributed by atoms with Gasteiger partial charge in [0, 0.05) is 40.2 Å². The standard InChI is InChI=1S/C25H24N4O7/c1-15-12-21(17(3)28(15)27-24(32)18-8-5-4-6-9-18)22(30)14-36-25(33)16(2)26-23(31)19-10-7-11-20(13-19)29(34)35/h4-13,16H,14H2,1-3H3,(H,26,31)(H,27,32). The van der Waals surface area contributed by atoms with Crippen molar-refractivity contribution in [3.8, 4) is 0 Å². The van der Waals surface area contributed by atoms with Crippen molar-refractivity contribution in [2.75, 3.05) is 12.0 Å². The molecule has 1 unspecified atom stereocenters. The Morgan fingerprint density at radius 2 is 1.64 bits per heavy atom. The summed E-state index contributed by atoms with van der Waals surface area (Å²) in [5.74, 6) is -2.40. The van der Waals surface area contributed by atoms with Gasteiger partial charge in [-0.25, -0.2) is 4.79 Å². The summed E-state index contributed by atoms with van der Waals surface area (Å²) >= 11 is 0. The van der Waals surface area contributed by atoms with Crippen molar-refractivity contribution in [1.29, 1.82) is 0 Å². The van der Waals surface area contributed by atoms with E-state index in [1.54, 1.807) is 50.2 Å². The smallest absolute Gasteiger partial charge is 0.328 e. The molecule has 36 heavy (non-hydrogen) atoms. The number of benzene rings is 2. The Morgan fingerprint density at radius 1 is 0.972 bits per heavy atom. The second-order valence-electron chi connectivity index (χ2n) is 7.96. The first-order valence-electron chi connectivity index (χ1n) is 10.9. The Labute approximate surface area is 206 Å². The second-order valence-corrected chi connectivity index (χ2v) is 7.96. The summed E-state index contributed by atoms with van der Waals surface area (Å²) in [6.07, 6.45) is 0. The molecule has 0 aliphatic carbocycles. The number of aromatic nitrogens is 1. The Morgan fingerprint density at radius 3 is 2.31 bits per heavy atom. The van der Waals surface area contributed by atoms with Crippen LogP contribution in [0.3, 0.4) is 0 Å². The van der Waals surface area contributed by atoms with Gasteiger partial charge < -0.3 is 10.1 Å². The number of ketones is 1. The van der Waals surface area contributed by atoms with Crippen molar-refractivity contribution in [1.82, 2.24) is 9.99 Å².